The predicted octanol–water partition coefficient (Wildman–Crippen LogP) is 2.19. The molecule has 3 N–H and O–H groups in total. The number of hydrogen-bond donors (Lipinski definition) is 2. The zero-order valence-corrected chi connectivity index (χ0v) is 11.7. The number of halogens is 2. The smallest absolute Gasteiger partial charge is 0.220 e. The fourth-order valence-electron chi connectivity index (χ4n) is 1.23. The highest BCUT2D eigenvalue weighted by molar-refractivity contribution is 7.99. The van der Waals surface area contributed by atoms with Crippen molar-refractivity contribution in [3.05, 3.63) is 30.1 Å². The third kappa shape index (κ3) is 6.83. The summed E-state index contributed by atoms with van der Waals surface area (Å²) in [4.78, 5) is 11.9. The average molecular weight is 293 g/mol. The van der Waals surface area contributed by atoms with Crippen LogP contribution in [0.2, 0.25) is 0 Å². The Bertz CT molecular complexity index is 366. The lowest BCUT2D eigenvalue weighted by Gasteiger charge is -2.04. The second-order valence-corrected chi connectivity index (χ2v) is 4.66. The van der Waals surface area contributed by atoms with Gasteiger partial charge in [0.05, 0.1) is 0 Å². The Morgan fingerprint density at radius 1 is 1.39 bits per heavy atom. The zero-order valence-electron chi connectivity index (χ0n) is 10.0. The molecule has 1 amide bonds. The molecule has 6 heteroatoms. The SMILES string of the molecule is Cl.NCCCNC(=O)CCSc1ccccc1F. The maximum atomic E-state index is 13.2. The summed E-state index contributed by atoms with van der Waals surface area (Å²) < 4.78 is 13.2. The fourth-order valence-corrected chi connectivity index (χ4v) is 2.12. The molecule has 0 aromatic heterocycles. The first-order valence-corrected chi connectivity index (χ1v) is 6.56. The molecule has 0 spiro atoms. The van der Waals surface area contributed by atoms with E-state index in [4.69, 9.17) is 5.73 Å². The predicted molar refractivity (Wildman–Crippen MR) is 75.7 cm³/mol. The molecule has 0 aliphatic heterocycles. The fraction of sp³-hybridized carbons (Fsp3) is 0.417. The zero-order chi connectivity index (χ0) is 12.5. The van der Waals surface area contributed by atoms with Gasteiger partial charge in [0.25, 0.3) is 0 Å². The summed E-state index contributed by atoms with van der Waals surface area (Å²) >= 11 is 1.35. The Labute approximate surface area is 117 Å². The molecule has 0 saturated heterocycles. The van der Waals surface area contributed by atoms with Crippen LogP contribution in [0.15, 0.2) is 29.2 Å². The molecular weight excluding hydrogens is 275 g/mol. The van der Waals surface area contributed by atoms with Crippen molar-refractivity contribution >= 4 is 30.1 Å². The van der Waals surface area contributed by atoms with Crippen LogP contribution < -0.4 is 11.1 Å². The lowest BCUT2D eigenvalue weighted by Crippen LogP contribution is -2.26. The first-order valence-electron chi connectivity index (χ1n) is 5.58. The van der Waals surface area contributed by atoms with E-state index in [0.717, 1.165) is 6.42 Å². The molecule has 18 heavy (non-hydrogen) atoms. The van der Waals surface area contributed by atoms with E-state index in [9.17, 15) is 9.18 Å². The van der Waals surface area contributed by atoms with Gasteiger partial charge in [0.15, 0.2) is 0 Å². The van der Waals surface area contributed by atoms with Crippen molar-refractivity contribution < 1.29 is 9.18 Å². The molecule has 0 fully saturated rings. The number of hydrogen-bond acceptors (Lipinski definition) is 3. The summed E-state index contributed by atoms with van der Waals surface area (Å²) in [6, 6.07) is 6.57. The van der Waals surface area contributed by atoms with Gasteiger partial charge in [0.1, 0.15) is 5.82 Å². The Morgan fingerprint density at radius 2 is 2.11 bits per heavy atom. The molecule has 0 saturated carbocycles. The average Bonchev–Trinajstić information content (AvgIpc) is 2.32. The van der Waals surface area contributed by atoms with Crippen molar-refractivity contribution in [2.45, 2.75) is 17.7 Å². The van der Waals surface area contributed by atoms with Crippen molar-refractivity contribution in [2.24, 2.45) is 5.73 Å². The van der Waals surface area contributed by atoms with Gasteiger partial charge < -0.3 is 11.1 Å². The first-order chi connectivity index (χ1) is 8.24. The van der Waals surface area contributed by atoms with Gasteiger partial charge in [-0.15, -0.1) is 24.2 Å². The van der Waals surface area contributed by atoms with Crippen molar-refractivity contribution in [3.8, 4) is 0 Å². The van der Waals surface area contributed by atoms with Gasteiger partial charge in [0.2, 0.25) is 5.91 Å². The minimum absolute atomic E-state index is 0. The number of carbonyl (C=O) groups excluding carboxylic acids is 1. The van der Waals surface area contributed by atoms with Gasteiger partial charge in [-0.2, -0.15) is 0 Å². The Kier molecular flexibility index (Phi) is 9.73. The Balaban J connectivity index is 0.00000289. The summed E-state index contributed by atoms with van der Waals surface area (Å²) in [5.41, 5.74) is 5.31. The van der Waals surface area contributed by atoms with E-state index in [0.29, 0.717) is 30.2 Å². The molecule has 102 valence electrons. The number of nitrogens with two attached hydrogens (primary N) is 1. The third-order valence-electron chi connectivity index (χ3n) is 2.13. The van der Waals surface area contributed by atoms with Crippen LogP contribution in [0, 0.1) is 5.82 Å². The van der Waals surface area contributed by atoms with Gasteiger partial charge in [-0.05, 0) is 25.1 Å². The van der Waals surface area contributed by atoms with Crippen LogP contribution in [0.1, 0.15) is 12.8 Å². The highest BCUT2D eigenvalue weighted by atomic mass is 35.5. The quantitative estimate of drug-likeness (QED) is 0.598. The number of rotatable bonds is 7. The minimum atomic E-state index is -0.235. The molecule has 0 unspecified atom stereocenters. The largest absolute Gasteiger partial charge is 0.356 e. The highest BCUT2D eigenvalue weighted by Crippen LogP contribution is 2.21. The van der Waals surface area contributed by atoms with E-state index in [1.54, 1.807) is 18.2 Å². The van der Waals surface area contributed by atoms with Gasteiger partial charge in [-0.3, -0.25) is 4.79 Å². The van der Waals surface area contributed by atoms with Crippen LogP contribution in [0.4, 0.5) is 4.39 Å². The summed E-state index contributed by atoms with van der Waals surface area (Å²) in [5.74, 6) is 0.332. The van der Waals surface area contributed by atoms with Crippen molar-refractivity contribution in [3.63, 3.8) is 0 Å². The van der Waals surface area contributed by atoms with E-state index in [-0.39, 0.29) is 24.1 Å². The van der Waals surface area contributed by atoms with Crippen molar-refractivity contribution in [1.29, 1.82) is 0 Å². The number of benzene rings is 1. The summed E-state index contributed by atoms with van der Waals surface area (Å²) in [5, 5.41) is 2.76. The van der Waals surface area contributed by atoms with E-state index in [2.05, 4.69) is 5.32 Å². The van der Waals surface area contributed by atoms with Crippen LogP contribution in [0.25, 0.3) is 0 Å². The Hall–Kier alpha value is -0.780. The van der Waals surface area contributed by atoms with E-state index < -0.39 is 0 Å². The maximum Gasteiger partial charge on any atom is 0.220 e. The lowest BCUT2D eigenvalue weighted by molar-refractivity contribution is -0.120. The monoisotopic (exact) mass is 292 g/mol. The van der Waals surface area contributed by atoms with E-state index in [1.807, 2.05) is 0 Å². The van der Waals surface area contributed by atoms with Gasteiger partial charge >= 0.3 is 0 Å². The van der Waals surface area contributed by atoms with Gasteiger partial charge in [-0.25, -0.2) is 4.39 Å². The molecule has 0 bridgehead atoms. The molecule has 1 aromatic carbocycles. The normalized spacial score (nSPS) is 9.67. The standard InChI is InChI=1S/C12H17FN2OS.ClH/c13-10-4-1-2-5-11(10)17-9-6-12(16)15-8-3-7-14;/h1-2,4-5H,3,6-9,14H2,(H,15,16);1H. The summed E-state index contributed by atoms with van der Waals surface area (Å²) in [7, 11) is 0. The topological polar surface area (TPSA) is 55.1 Å². The summed E-state index contributed by atoms with van der Waals surface area (Å²) in [6.45, 7) is 1.18. The molecule has 0 aliphatic rings. The number of carbonyl (C=O) groups is 1. The molecule has 1 rings (SSSR count). The molecule has 0 aliphatic carbocycles. The number of thioether (sulfide) groups is 1. The van der Waals surface area contributed by atoms with Gasteiger partial charge in [-0.1, -0.05) is 12.1 Å². The minimum Gasteiger partial charge on any atom is -0.356 e. The molecule has 0 radical (unpaired) electrons. The Morgan fingerprint density at radius 3 is 2.78 bits per heavy atom. The first kappa shape index (κ1) is 17.2. The number of nitrogens with one attached hydrogen (secondary N) is 1. The van der Waals surface area contributed by atoms with Crippen LogP contribution in [-0.2, 0) is 4.79 Å². The molecule has 1 aromatic rings. The van der Waals surface area contributed by atoms with Crippen LogP contribution >= 0.6 is 24.2 Å². The second kappa shape index (κ2) is 10.2. The molecular formula is C12H18ClFN2OS. The summed E-state index contributed by atoms with van der Waals surface area (Å²) in [6.07, 6.45) is 1.18. The third-order valence-corrected chi connectivity index (χ3v) is 3.18. The molecule has 0 atom stereocenters. The van der Waals surface area contributed by atoms with Crippen molar-refractivity contribution in [2.75, 3.05) is 18.8 Å². The highest BCUT2D eigenvalue weighted by Gasteiger charge is 2.04. The van der Waals surface area contributed by atoms with Crippen LogP contribution in [-0.4, -0.2) is 24.7 Å². The van der Waals surface area contributed by atoms with Gasteiger partial charge in [0, 0.05) is 23.6 Å². The lowest BCUT2D eigenvalue weighted by atomic mass is 10.3. The van der Waals surface area contributed by atoms with E-state index >= 15 is 0 Å². The second-order valence-electron chi connectivity index (χ2n) is 3.52. The van der Waals surface area contributed by atoms with Crippen LogP contribution in [0.5, 0.6) is 0 Å². The van der Waals surface area contributed by atoms with E-state index in [1.165, 1.54) is 17.8 Å². The molecule has 0 heterocycles. The maximum absolute atomic E-state index is 13.2. The van der Waals surface area contributed by atoms with Crippen molar-refractivity contribution in [1.82, 2.24) is 5.32 Å². The molecule has 3 nitrogen and oxygen atoms in total. The number of amides is 1. The van der Waals surface area contributed by atoms with Crippen LogP contribution in [0.3, 0.4) is 0 Å².